The van der Waals surface area contributed by atoms with Crippen LogP contribution in [0, 0.1) is 6.92 Å². The molecule has 2 rings (SSSR count). The van der Waals surface area contributed by atoms with Crippen LogP contribution in [0.2, 0.25) is 10.0 Å². The van der Waals surface area contributed by atoms with E-state index in [4.69, 9.17) is 33.4 Å². The summed E-state index contributed by atoms with van der Waals surface area (Å²) in [4.78, 5) is 0. The first-order valence-corrected chi connectivity index (χ1v) is 5.40. The summed E-state index contributed by atoms with van der Waals surface area (Å²) in [7, 11) is 0. The topological polar surface area (TPSA) is 39.2 Å². The Bertz CT molecular complexity index is 517. The van der Waals surface area contributed by atoms with Crippen molar-refractivity contribution in [1.29, 1.82) is 0 Å². The van der Waals surface area contributed by atoms with Gasteiger partial charge in [-0.1, -0.05) is 23.2 Å². The van der Waals surface area contributed by atoms with E-state index in [0.29, 0.717) is 15.6 Å². The van der Waals surface area contributed by atoms with Crippen LogP contribution in [-0.4, -0.2) is 0 Å². The molecule has 0 saturated heterocycles. The van der Waals surface area contributed by atoms with Gasteiger partial charge in [0.05, 0.1) is 16.1 Å². The first-order valence-electron chi connectivity index (χ1n) is 4.65. The summed E-state index contributed by atoms with van der Waals surface area (Å²) in [6, 6.07) is 3.32. The monoisotopic (exact) mass is 243 g/mol. The van der Waals surface area contributed by atoms with Gasteiger partial charge in [-0.3, -0.25) is 0 Å². The number of benzene rings is 1. The molecule has 0 aliphatic rings. The zero-order valence-electron chi connectivity index (χ0n) is 8.47. The molecule has 80 valence electrons. The van der Waals surface area contributed by atoms with E-state index in [0.717, 1.165) is 16.7 Å². The minimum Gasteiger partial charge on any atom is -0.458 e. The second-order valence-electron chi connectivity index (χ2n) is 3.61. The smallest absolute Gasteiger partial charge is 0.154 e. The third-order valence-electron chi connectivity index (χ3n) is 2.43. The maximum absolute atomic E-state index is 6.09. The van der Waals surface area contributed by atoms with Crippen molar-refractivity contribution in [2.24, 2.45) is 5.73 Å². The number of furan rings is 1. The summed E-state index contributed by atoms with van der Waals surface area (Å²) >= 11 is 12.1. The van der Waals surface area contributed by atoms with Crippen LogP contribution in [-0.2, 0) is 0 Å². The van der Waals surface area contributed by atoms with E-state index in [1.807, 2.05) is 13.8 Å². The molecule has 0 fully saturated rings. The Morgan fingerprint density at radius 3 is 2.40 bits per heavy atom. The predicted octanol–water partition coefficient (Wildman–Crippen LogP) is 4.07. The van der Waals surface area contributed by atoms with Crippen molar-refractivity contribution in [2.75, 3.05) is 0 Å². The van der Waals surface area contributed by atoms with Gasteiger partial charge in [-0.2, -0.15) is 0 Å². The minimum atomic E-state index is -0.162. The third-order valence-corrected chi connectivity index (χ3v) is 3.04. The van der Waals surface area contributed by atoms with Crippen LogP contribution in [0.4, 0.5) is 0 Å². The van der Waals surface area contributed by atoms with Crippen molar-refractivity contribution < 1.29 is 4.42 Å². The minimum absolute atomic E-state index is 0.162. The molecular weight excluding hydrogens is 233 g/mol. The number of nitrogens with two attached hydrogens (primary N) is 1. The van der Waals surface area contributed by atoms with Gasteiger partial charge in [0.2, 0.25) is 0 Å². The predicted molar refractivity (Wildman–Crippen MR) is 63.6 cm³/mol. The molecule has 15 heavy (non-hydrogen) atoms. The highest BCUT2D eigenvalue weighted by Crippen LogP contribution is 2.37. The first-order chi connectivity index (χ1) is 7.02. The van der Waals surface area contributed by atoms with E-state index in [-0.39, 0.29) is 6.04 Å². The maximum Gasteiger partial charge on any atom is 0.154 e. The van der Waals surface area contributed by atoms with Gasteiger partial charge in [-0.15, -0.1) is 0 Å². The molecule has 1 atom stereocenters. The van der Waals surface area contributed by atoms with Crippen LogP contribution < -0.4 is 5.73 Å². The lowest BCUT2D eigenvalue weighted by Gasteiger charge is -2.00. The molecule has 0 bridgehead atoms. The lowest BCUT2D eigenvalue weighted by atomic mass is 10.1. The van der Waals surface area contributed by atoms with E-state index in [2.05, 4.69) is 0 Å². The lowest BCUT2D eigenvalue weighted by Crippen LogP contribution is -2.04. The summed E-state index contributed by atoms with van der Waals surface area (Å²) in [5.41, 5.74) is 7.38. The molecule has 2 aromatic rings. The summed E-state index contributed by atoms with van der Waals surface area (Å²) in [5, 5.41) is 2.06. The largest absolute Gasteiger partial charge is 0.458 e. The third kappa shape index (κ3) is 1.63. The number of hydrogen-bond donors (Lipinski definition) is 1. The molecule has 2 nitrogen and oxygen atoms in total. The molecule has 2 N–H and O–H groups in total. The molecule has 0 aliphatic heterocycles. The van der Waals surface area contributed by atoms with Gasteiger partial charge in [-0.25, -0.2) is 0 Å². The zero-order valence-corrected chi connectivity index (χ0v) is 9.99. The molecule has 1 aromatic carbocycles. The summed E-state index contributed by atoms with van der Waals surface area (Å²) in [6.45, 7) is 3.80. The Hall–Kier alpha value is -0.700. The van der Waals surface area contributed by atoms with Crippen molar-refractivity contribution in [1.82, 2.24) is 0 Å². The average Bonchev–Trinajstić information content (AvgIpc) is 2.51. The molecular formula is C11H11Cl2NO. The van der Waals surface area contributed by atoms with Crippen molar-refractivity contribution in [3.8, 4) is 0 Å². The van der Waals surface area contributed by atoms with Crippen molar-refractivity contribution in [3.05, 3.63) is 33.5 Å². The highest BCUT2D eigenvalue weighted by Gasteiger charge is 2.17. The second kappa shape index (κ2) is 3.71. The van der Waals surface area contributed by atoms with Crippen LogP contribution in [0.3, 0.4) is 0 Å². The van der Waals surface area contributed by atoms with Crippen LogP contribution >= 0.6 is 23.2 Å². The average molecular weight is 244 g/mol. The molecule has 1 heterocycles. The SMILES string of the molecule is Cc1c(C(C)N)oc2c(Cl)ccc(Cl)c12. The maximum atomic E-state index is 6.09. The number of aryl methyl sites for hydroxylation is 1. The molecule has 4 heteroatoms. The molecule has 0 aliphatic carbocycles. The van der Waals surface area contributed by atoms with Crippen LogP contribution in [0.15, 0.2) is 16.5 Å². The quantitative estimate of drug-likeness (QED) is 0.821. The number of rotatable bonds is 1. The van der Waals surface area contributed by atoms with E-state index in [1.54, 1.807) is 12.1 Å². The Morgan fingerprint density at radius 1 is 1.27 bits per heavy atom. The fraction of sp³-hybridized carbons (Fsp3) is 0.273. The fourth-order valence-corrected chi connectivity index (χ4v) is 2.21. The van der Waals surface area contributed by atoms with Gasteiger partial charge < -0.3 is 10.2 Å². The molecule has 1 aromatic heterocycles. The summed E-state index contributed by atoms with van der Waals surface area (Å²) in [6.07, 6.45) is 0. The first kappa shape index (κ1) is 10.8. The van der Waals surface area contributed by atoms with E-state index >= 15 is 0 Å². The fourth-order valence-electron chi connectivity index (χ4n) is 1.73. The van der Waals surface area contributed by atoms with Crippen molar-refractivity contribution in [2.45, 2.75) is 19.9 Å². The van der Waals surface area contributed by atoms with Crippen molar-refractivity contribution >= 4 is 34.2 Å². The molecule has 0 saturated carbocycles. The number of hydrogen-bond acceptors (Lipinski definition) is 2. The summed E-state index contributed by atoms with van der Waals surface area (Å²) in [5.74, 6) is 0.736. The normalized spacial score (nSPS) is 13.4. The zero-order chi connectivity index (χ0) is 11.2. The van der Waals surface area contributed by atoms with E-state index in [9.17, 15) is 0 Å². The Kier molecular flexibility index (Phi) is 2.67. The van der Waals surface area contributed by atoms with Gasteiger partial charge in [-0.05, 0) is 26.0 Å². The van der Waals surface area contributed by atoms with Crippen LogP contribution in [0.5, 0.6) is 0 Å². The molecule has 1 unspecified atom stereocenters. The van der Waals surface area contributed by atoms with Gasteiger partial charge in [0.1, 0.15) is 5.76 Å². The second-order valence-corrected chi connectivity index (χ2v) is 4.43. The lowest BCUT2D eigenvalue weighted by molar-refractivity contribution is 0.509. The molecule has 0 spiro atoms. The number of halogens is 2. The van der Waals surface area contributed by atoms with Crippen LogP contribution in [0.1, 0.15) is 24.3 Å². The molecule has 0 radical (unpaired) electrons. The van der Waals surface area contributed by atoms with E-state index in [1.165, 1.54) is 0 Å². The van der Waals surface area contributed by atoms with Gasteiger partial charge >= 0.3 is 0 Å². The highest BCUT2D eigenvalue weighted by molar-refractivity contribution is 6.40. The summed E-state index contributed by atoms with van der Waals surface area (Å²) < 4.78 is 5.63. The van der Waals surface area contributed by atoms with E-state index < -0.39 is 0 Å². The van der Waals surface area contributed by atoms with Crippen LogP contribution in [0.25, 0.3) is 11.0 Å². The van der Waals surface area contributed by atoms with Crippen molar-refractivity contribution in [3.63, 3.8) is 0 Å². The Balaban J connectivity index is 2.87. The Morgan fingerprint density at radius 2 is 1.87 bits per heavy atom. The Labute approximate surface area is 97.9 Å². The van der Waals surface area contributed by atoms with Gasteiger partial charge in [0.25, 0.3) is 0 Å². The standard InChI is InChI=1S/C11H11Cl2NO/c1-5-9-7(12)3-4-8(13)11(9)15-10(5)6(2)14/h3-4,6H,14H2,1-2H3. The van der Waals surface area contributed by atoms with Gasteiger partial charge in [0.15, 0.2) is 5.58 Å². The van der Waals surface area contributed by atoms with Gasteiger partial charge in [0, 0.05) is 10.9 Å². The molecule has 0 amide bonds. The highest BCUT2D eigenvalue weighted by atomic mass is 35.5. The number of fused-ring (bicyclic) bond motifs is 1.